The zero-order chi connectivity index (χ0) is 15.4. The predicted octanol–water partition coefficient (Wildman–Crippen LogP) is 1.79. The molecule has 0 aliphatic heterocycles. The number of nitriles is 1. The number of nitrogens with two attached hydrogens (primary N) is 1. The van der Waals surface area contributed by atoms with Crippen LogP contribution in [0.1, 0.15) is 37.5 Å². The average Bonchev–Trinajstić information content (AvgIpc) is 2.47. The number of aromatic nitrogens is 1. The van der Waals surface area contributed by atoms with Crippen molar-refractivity contribution in [2.45, 2.75) is 13.3 Å². The molecule has 0 atom stereocenters. The smallest absolute Gasteiger partial charge is 0.268 e. The number of aryl methyl sites for hydroxylation is 1. The van der Waals surface area contributed by atoms with Crippen LogP contribution in [0, 0.1) is 18.3 Å². The van der Waals surface area contributed by atoms with E-state index in [4.69, 9.17) is 11.0 Å². The van der Waals surface area contributed by atoms with E-state index in [9.17, 15) is 9.59 Å². The van der Waals surface area contributed by atoms with Crippen molar-refractivity contribution < 1.29 is 9.59 Å². The van der Waals surface area contributed by atoms with Crippen LogP contribution in [0.5, 0.6) is 0 Å². The van der Waals surface area contributed by atoms with E-state index in [1.54, 1.807) is 30.3 Å². The normalized spacial score (nSPS) is 9.90. The molecule has 2 aromatic rings. The molecule has 5 nitrogen and oxygen atoms in total. The standard InChI is InChI=1S/C16H13N3O2/c1-10-2-4-12(5-3-10)15(20)13-11(6-8-17)7-9-19-14(13)16(18)21/h2-5,7,9H,6H2,1H3,(H2,18,21). The molecule has 5 heteroatoms. The first kappa shape index (κ1) is 14.4. The van der Waals surface area contributed by atoms with Crippen molar-refractivity contribution >= 4 is 11.7 Å². The fourth-order valence-corrected chi connectivity index (χ4v) is 2.02. The molecule has 0 fully saturated rings. The fourth-order valence-electron chi connectivity index (χ4n) is 2.02. The summed E-state index contributed by atoms with van der Waals surface area (Å²) in [4.78, 5) is 28.0. The van der Waals surface area contributed by atoms with Gasteiger partial charge >= 0.3 is 0 Å². The Labute approximate surface area is 122 Å². The van der Waals surface area contributed by atoms with Gasteiger partial charge in [-0.05, 0) is 18.6 Å². The SMILES string of the molecule is Cc1ccc(C(=O)c2c(CC#N)ccnc2C(N)=O)cc1. The van der Waals surface area contributed by atoms with Crippen LogP contribution in [0.3, 0.4) is 0 Å². The number of hydrogen-bond donors (Lipinski definition) is 1. The van der Waals surface area contributed by atoms with Crippen molar-refractivity contribution in [2.24, 2.45) is 5.73 Å². The van der Waals surface area contributed by atoms with Crippen molar-refractivity contribution in [3.63, 3.8) is 0 Å². The van der Waals surface area contributed by atoms with E-state index in [1.165, 1.54) is 6.20 Å². The lowest BCUT2D eigenvalue weighted by Crippen LogP contribution is -2.20. The largest absolute Gasteiger partial charge is 0.364 e. The summed E-state index contributed by atoms with van der Waals surface area (Å²) in [6, 6.07) is 10.5. The number of primary amides is 1. The van der Waals surface area contributed by atoms with Gasteiger partial charge in [0, 0.05) is 11.8 Å². The molecule has 0 aliphatic rings. The first-order valence-corrected chi connectivity index (χ1v) is 6.30. The van der Waals surface area contributed by atoms with Gasteiger partial charge in [0.1, 0.15) is 5.69 Å². The van der Waals surface area contributed by atoms with Crippen LogP contribution in [-0.4, -0.2) is 16.7 Å². The van der Waals surface area contributed by atoms with E-state index in [0.29, 0.717) is 11.1 Å². The minimum absolute atomic E-state index is 0.00966. The molecule has 1 aromatic heterocycles. The Balaban J connectivity index is 2.60. The van der Waals surface area contributed by atoms with Crippen LogP contribution in [0.2, 0.25) is 0 Å². The van der Waals surface area contributed by atoms with Crippen LogP contribution in [-0.2, 0) is 6.42 Å². The molecule has 0 aliphatic carbocycles. The van der Waals surface area contributed by atoms with Crippen LogP contribution in [0.25, 0.3) is 0 Å². The molecule has 0 saturated heterocycles. The zero-order valence-corrected chi connectivity index (χ0v) is 11.5. The van der Waals surface area contributed by atoms with Gasteiger partial charge in [0.15, 0.2) is 5.78 Å². The molecule has 1 heterocycles. The Morgan fingerprint density at radius 3 is 2.48 bits per heavy atom. The highest BCUT2D eigenvalue weighted by Gasteiger charge is 2.21. The summed E-state index contributed by atoms with van der Waals surface area (Å²) < 4.78 is 0. The second-order valence-electron chi connectivity index (χ2n) is 4.59. The number of nitrogens with zero attached hydrogens (tertiary/aromatic N) is 2. The van der Waals surface area contributed by atoms with Gasteiger partial charge in [0.2, 0.25) is 0 Å². The molecule has 0 spiro atoms. The van der Waals surface area contributed by atoms with Gasteiger partial charge in [-0.15, -0.1) is 0 Å². The summed E-state index contributed by atoms with van der Waals surface area (Å²) in [6.45, 7) is 1.91. The van der Waals surface area contributed by atoms with Crippen LogP contribution in [0.15, 0.2) is 36.5 Å². The first-order chi connectivity index (χ1) is 10.0. The highest BCUT2D eigenvalue weighted by Crippen LogP contribution is 2.18. The fraction of sp³-hybridized carbons (Fsp3) is 0.125. The number of carbonyl (C=O) groups excluding carboxylic acids is 2. The first-order valence-electron chi connectivity index (χ1n) is 6.30. The molecule has 0 unspecified atom stereocenters. The zero-order valence-electron chi connectivity index (χ0n) is 11.5. The molecule has 2 N–H and O–H groups in total. The molecule has 21 heavy (non-hydrogen) atoms. The summed E-state index contributed by atoms with van der Waals surface area (Å²) in [5.41, 5.74) is 7.18. The Kier molecular flexibility index (Phi) is 4.10. The second-order valence-corrected chi connectivity index (χ2v) is 4.59. The summed E-state index contributed by atoms with van der Waals surface area (Å²) >= 11 is 0. The number of hydrogen-bond acceptors (Lipinski definition) is 4. The molecule has 2 rings (SSSR count). The summed E-state index contributed by atoms with van der Waals surface area (Å²) in [5, 5.41) is 8.86. The Hall–Kier alpha value is -3.00. The van der Waals surface area contributed by atoms with Gasteiger partial charge in [-0.25, -0.2) is 0 Å². The van der Waals surface area contributed by atoms with E-state index in [0.717, 1.165) is 5.56 Å². The Morgan fingerprint density at radius 1 is 1.24 bits per heavy atom. The maximum Gasteiger partial charge on any atom is 0.268 e. The monoisotopic (exact) mass is 279 g/mol. The lowest BCUT2D eigenvalue weighted by atomic mass is 9.95. The van der Waals surface area contributed by atoms with E-state index < -0.39 is 5.91 Å². The van der Waals surface area contributed by atoms with Crippen LogP contribution >= 0.6 is 0 Å². The van der Waals surface area contributed by atoms with Gasteiger partial charge in [-0.2, -0.15) is 5.26 Å². The number of amides is 1. The number of carbonyl (C=O) groups is 2. The number of rotatable bonds is 4. The lowest BCUT2D eigenvalue weighted by Gasteiger charge is -2.09. The highest BCUT2D eigenvalue weighted by atomic mass is 16.1. The van der Waals surface area contributed by atoms with Crippen molar-refractivity contribution in [3.05, 3.63) is 64.5 Å². The van der Waals surface area contributed by atoms with E-state index in [-0.39, 0.29) is 23.5 Å². The molecule has 0 bridgehead atoms. The van der Waals surface area contributed by atoms with Crippen LogP contribution < -0.4 is 5.73 Å². The highest BCUT2D eigenvalue weighted by molar-refractivity contribution is 6.15. The van der Waals surface area contributed by atoms with Gasteiger partial charge in [0.05, 0.1) is 18.1 Å². The molecule has 1 amide bonds. The van der Waals surface area contributed by atoms with Crippen LogP contribution in [0.4, 0.5) is 0 Å². The number of benzene rings is 1. The molecule has 0 saturated carbocycles. The minimum Gasteiger partial charge on any atom is -0.364 e. The topological polar surface area (TPSA) is 96.8 Å². The number of ketones is 1. The Bertz CT molecular complexity index is 743. The summed E-state index contributed by atoms with van der Waals surface area (Å²) in [7, 11) is 0. The van der Waals surface area contributed by atoms with Crippen molar-refractivity contribution in [3.8, 4) is 6.07 Å². The molecular weight excluding hydrogens is 266 g/mol. The van der Waals surface area contributed by atoms with Crippen molar-refractivity contribution in [1.29, 1.82) is 5.26 Å². The third kappa shape index (κ3) is 2.95. The minimum atomic E-state index is -0.787. The van der Waals surface area contributed by atoms with Gasteiger partial charge in [-0.1, -0.05) is 29.8 Å². The van der Waals surface area contributed by atoms with E-state index in [1.807, 2.05) is 13.0 Å². The Morgan fingerprint density at radius 2 is 1.90 bits per heavy atom. The maximum atomic E-state index is 12.6. The molecule has 0 radical (unpaired) electrons. The van der Waals surface area contributed by atoms with Gasteiger partial charge < -0.3 is 5.73 Å². The third-order valence-corrected chi connectivity index (χ3v) is 3.08. The average molecular weight is 279 g/mol. The van der Waals surface area contributed by atoms with Crippen molar-refractivity contribution in [1.82, 2.24) is 4.98 Å². The summed E-state index contributed by atoms with van der Waals surface area (Å²) in [5.74, 6) is -1.15. The maximum absolute atomic E-state index is 12.6. The van der Waals surface area contributed by atoms with E-state index in [2.05, 4.69) is 4.98 Å². The predicted molar refractivity (Wildman–Crippen MR) is 76.7 cm³/mol. The molecule has 104 valence electrons. The van der Waals surface area contributed by atoms with Crippen molar-refractivity contribution in [2.75, 3.05) is 0 Å². The van der Waals surface area contributed by atoms with E-state index >= 15 is 0 Å². The molecule has 1 aromatic carbocycles. The van der Waals surface area contributed by atoms with Gasteiger partial charge in [-0.3, -0.25) is 14.6 Å². The van der Waals surface area contributed by atoms with Gasteiger partial charge in [0.25, 0.3) is 5.91 Å². The lowest BCUT2D eigenvalue weighted by molar-refractivity contribution is 0.0976. The quantitative estimate of drug-likeness (QED) is 0.863. The summed E-state index contributed by atoms with van der Waals surface area (Å²) in [6.07, 6.45) is 1.38. The number of pyridine rings is 1. The molecular formula is C16H13N3O2. The third-order valence-electron chi connectivity index (χ3n) is 3.08. The second kappa shape index (κ2) is 5.97.